The minimum atomic E-state index is -0.727. The number of carbonyl (C=O) groups is 1. The number of nitrogens with one attached hydrogen (secondary N) is 1. The molecule has 0 aliphatic carbocycles. The molecule has 1 aromatic heterocycles. The highest BCUT2D eigenvalue weighted by Gasteiger charge is 2.14. The Kier molecular flexibility index (Phi) is 2.74. The van der Waals surface area contributed by atoms with Crippen molar-refractivity contribution in [3.05, 3.63) is 68.5 Å². The lowest BCUT2D eigenvalue weighted by atomic mass is 10.2. The number of aromatic nitrogens is 2. The van der Waals surface area contributed by atoms with E-state index in [1.807, 2.05) is 0 Å². The molecule has 17 heavy (non-hydrogen) atoms. The van der Waals surface area contributed by atoms with Gasteiger partial charge in [-0.05, 0) is 19.1 Å². The fraction of sp³-hybridized carbons (Fsp3) is 0.0833. The Morgan fingerprint density at radius 2 is 1.82 bits per heavy atom. The monoisotopic (exact) mass is 230 g/mol. The Morgan fingerprint density at radius 1 is 1.18 bits per heavy atom. The van der Waals surface area contributed by atoms with Crippen molar-refractivity contribution in [2.24, 2.45) is 0 Å². The molecule has 0 aliphatic heterocycles. The molecule has 0 radical (unpaired) electrons. The zero-order chi connectivity index (χ0) is 12.4. The third-order valence-electron chi connectivity index (χ3n) is 2.38. The summed E-state index contributed by atoms with van der Waals surface area (Å²) in [5.41, 5.74) is -0.711. The number of aromatic amines is 1. The highest BCUT2D eigenvalue weighted by atomic mass is 16.2. The van der Waals surface area contributed by atoms with Crippen LogP contribution in [0.15, 0.2) is 46.1 Å². The molecule has 0 atom stereocenters. The lowest BCUT2D eigenvalue weighted by Gasteiger charge is -2.03. The van der Waals surface area contributed by atoms with Crippen molar-refractivity contribution in [2.45, 2.75) is 6.92 Å². The molecule has 0 aliphatic rings. The molecule has 5 nitrogen and oxygen atoms in total. The predicted octanol–water partition coefficient (Wildman–Crippen LogP) is 0.534. The third-order valence-corrected chi connectivity index (χ3v) is 2.38. The maximum Gasteiger partial charge on any atom is 0.335 e. The summed E-state index contributed by atoms with van der Waals surface area (Å²) in [7, 11) is 0. The van der Waals surface area contributed by atoms with Gasteiger partial charge in [0, 0.05) is 17.3 Å². The minimum absolute atomic E-state index is 0.297. The van der Waals surface area contributed by atoms with Crippen molar-refractivity contribution in [1.82, 2.24) is 9.55 Å². The summed E-state index contributed by atoms with van der Waals surface area (Å²) in [4.78, 5) is 37.5. The molecule has 1 heterocycles. The Morgan fingerprint density at radius 3 is 2.47 bits per heavy atom. The number of rotatable bonds is 1. The number of H-pyrrole nitrogens is 1. The van der Waals surface area contributed by atoms with Crippen molar-refractivity contribution >= 4 is 5.91 Å². The lowest BCUT2D eigenvalue weighted by Crippen LogP contribution is -2.40. The van der Waals surface area contributed by atoms with Gasteiger partial charge >= 0.3 is 5.69 Å². The fourth-order valence-electron chi connectivity index (χ4n) is 1.46. The van der Waals surface area contributed by atoms with E-state index in [1.165, 1.54) is 13.1 Å². The molecule has 86 valence electrons. The quantitative estimate of drug-likeness (QED) is 0.776. The first-order chi connectivity index (χ1) is 8.11. The zero-order valence-electron chi connectivity index (χ0n) is 9.14. The highest BCUT2D eigenvalue weighted by Crippen LogP contribution is 1.99. The number of nitrogens with zero attached hydrogens (tertiary/aromatic N) is 1. The highest BCUT2D eigenvalue weighted by molar-refractivity contribution is 5.95. The molecule has 0 bridgehead atoms. The summed E-state index contributed by atoms with van der Waals surface area (Å²) in [6.45, 7) is 1.53. The van der Waals surface area contributed by atoms with Gasteiger partial charge in [0.2, 0.25) is 0 Å². The van der Waals surface area contributed by atoms with Gasteiger partial charge in [-0.3, -0.25) is 9.59 Å². The molecule has 0 spiro atoms. The Labute approximate surface area is 96.4 Å². The van der Waals surface area contributed by atoms with Crippen LogP contribution in [0.25, 0.3) is 0 Å². The molecule has 2 rings (SSSR count). The van der Waals surface area contributed by atoms with Crippen molar-refractivity contribution < 1.29 is 4.79 Å². The van der Waals surface area contributed by atoms with Gasteiger partial charge in [-0.15, -0.1) is 0 Å². The number of aryl methyl sites for hydroxylation is 1. The van der Waals surface area contributed by atoms with Crippen LogP contribution in [0.1, 0.15) is 15.9 Å². The van der Waals surface area contributed by atoms with E-state index in [1.54, 1.807) is 30.3 Å². The average molecular weight is 230 g/mol. The molecule has 1 aromatic carbocycles. The molecular formula is C12H10N2O3. The summed E-state index contributed by atoms with van der Waals surface area (Å²) in [6, 6.07) is 8.19. The van der Waals surface area contributed by atoms with Crippen LogP contribution in [0.3, 0.4) is 0 Å². The van der Waals surface area contributed by atoms with Crippen LogP contribution in [0.2, 0.25) is 0 Å². The van der Waals surface area contributed by atoms with Crippen LogP contribution in [-0.4, -0.2) is 15.5 Å². The minimum Gasteiger partial charge on any atom is -0.313 e. The van der Waals surface area contributed by atoms with E-state index in [0.717, 1.165) is 0 Å². The van der Waals surface area contributed by atoms with Crippen molar-refractivity contribution in [2.75, 3.05) is 0 Å². The maximum atomic E-state index is 12.0. The van der Waals surface area contributed by atoms with Crippen LogP contribution < -0.4 is 11.2 Å². The van der Waals surface area contributed by atoms with Crippen molar-refractivity contribution in [3.8, 4) is 0 Å². The van der Waals surface area contributed by atoms with Crippen LogP contribution in [0.4, 0.5) is 0 Å². The van der Waals surface area contributed by atoms with Crippen molar-refractivity contribution in [3.63, 3.8) is 0 Å². The van der Waals surface area contributed by atoms with E-state index in [4.69, 9.17) is 0 Å². The van der Waals surface area contributed by atoms with Crippen molar-refractivity contribution in [1.29, 1.82) is 0 Å². The predicted molar refractivity (Wildman–Crippen MR) is 62.2 cm³/mol. The standard InChI is InChI=1S/C12H10N2O3/c1-8-7-13-12(17)14(10(8)15)11(16)9-5-3-2-4-6-9/h2-7H,1H3,(H,13,17). The molecule has 1 N–H and O–H groups in total. The van der Waals surface area contributed by atoms with E-state index in [0.29, 0.717) is 15.7 Å². The second-order valence-corrected chi connectivity index (χ2v) is 3.59. The van der Waals surface area contributed by atoms with Crippen LogP contribution in [0.5, 0.6) is 0 Å². The summed E-state index contributed by atoms with van der Waals surface area (Å²) in [6.07, 6.45) is 1.29. The molecule has 0 unspecified atom stereocenters. The molecular weight excluding hydrogens is 220 g/mol. The first-order valence-corrected chi connectivity index (χ1v) is 5.02. The van der Waals surface area contributed by atoms with Gasteiger partial charge in [0.25, 0.3) is 11.5 Å². The van der Waals surface area contributed by atoms with Gasteiger partial charge in [-0.2, -0.15) is 4.57 Å². The number of hydrogen-bond acceptors (Lipinski definition) is 3. The van der Waals surface area contributed by atoms with Gasteiger partial charge in [-0.25, -0.2) is 4.79 Å². The summed E-state index contributed by atoms with van der Waals surface area (Å²) >= 11 is 0. The first kappa shape index (κ1) is 11.1. The summed E-state index contributed by atoms with van der Waals surface area (Å²) < 4.78 is 0.602. The second kappa shape index (κ2) is 4.21. The lowest BCUT2D eigenvalue weighted by molar-refractivity contribution is 0.0950. The normalized spacial score (nSPS) is 10.2. The van der Waals surface area contributed by atoms with E-state index in [9.17, 15) is 14.4 Å². The average Bonchev–Trinajstić information content (AvgIpc) is 2.35. The molecule has 2 aromatic rings. The largest absolute Gasteiger partial charge is 0.335 e. The Balaban J connectivity index is 2.64. The van der Waals surface area contributed by atoms with E-state index < -0.39 is 17.2 Å². The van der Waals surface area contributed by atoms with E-state index >= 15 is 0 Å². The van der Waals surface area contributed by atoms with Crippen LogP contribution in [0, 0.1) is 6.92 Å². The smallest absolute Gasteiger partial charge is 0.313 e. The summed E-state index contributed by atoms with van der Waals surface area (Å²) in [5.74, 6) is -0.624. The van der Waals surface area contributed by atoms with Gasteiger partial charge < -0.3 is 4.98 Å². The van der Waals surface area contributed by atoms with Gasteiger partial charge in [0.05, 0.1) is 0 Å². The Bertz CT molecular complexity index is 668. The van der Waals surface area contributed by atoms with Gasteiger partial charge in [0.1, 0.15) is 0 Å². The molecule has 0 saturated carbocycles. The summed E-state index contributed by atoms with van der Waals surface area (Å²) in [5, 5.41) is 0. The fourth-order valence-corrected chi connectivity index (χ4v) is 1.46. The molecule has 0 fully saturated rings. The SMILES string of the molecule is Cc1c[nH]c(=O)n(C(=O)c2ccccc2)c1=O. The van der Waals surface area contributed by atoms with Crippen LogP contribution >= 0.6 is 0 Å². The topological polar surface area (TPSA) is 71.9 Å². The van der Waals surface area contributed by atoms with Gasteiger partial charge in [-0.1, -0.05) is 18.2 Å². The second-order valence-electron chi connectivity index (χ2n) is 3.59. The first-order valence-electron chi connectivity index (χ1n) is 5.02. The van der Waals surface area contributed by atoms with Gasteiger partial charge in [0.15, 0.2) is 0 Å². The molecule has 0 amide bonds. The molecule has 5 heteroatoms. The van der Waals surface area contributed by atoms with Crippen LogP contribution in [-0.2, 0) is 0 Å². The number of carbonyl (C=O) groups excluding carboxylic acids is 1. The van der Waals surface area contributed by atoms with E-state index in [2.05, 4.69) is 4.98 Å². The molecule has 0 saturated heterocycles. The maximum absolute atomic E-state index is 12.0. The number of hydrogen-bond donors (Lipinski definition) is 1. The zero-order valence-corrected chi connectivity index (χ0v) is 9.14. The van der Waals surface area contributed by atoms with E-state index in [-0.39, 0.29) is 0 Å². The third kappa shape index (κ3) is 1.94. The Hall–Kier alpha value is -2.43. The number of benzene rings is 1.